The maximum atomic E-state index is 12.9. The maximum Gasteiger partial charge on any atom is 0.258 e. The molecular weight excluding hydrogens is 721 g/mol. The Balaban J connectivity index is 0.000000889. The zero-order chi connectivity index (χ0) is 43.0. The van der Waals surface area contributed by atoms with E-state index in [2.05, 4.69) is 79.6 Å². The Hall–Kier alpha value is -4.27. The monoisotopic (exact) mass is 799 g/mol. The van der Waals surface area contributed by atoms with Crippen molar-refractivity contribution >= 4 is 18.2 Å². The van der Waals surface area contributed by atoms with Crippen LogP contribution in [-0.4, -0.2) is 72.5 Å². The van der Waals surface area contributed by atoms with Crippen LogP contribution in [0.1, 0.15) is 142 Å². The van der Waals surface area contributed by atoms with Crippen LogP contribution >= 0.6 is 0 Å². The topological polar surface area (TPSA) is 102 Å². The number of rotatable bonds is 20. The Morgan fingerprint density at radius 2 is 1.12 bits per heavy atom. The molecule has 322 valence electrons. The molecule has 0 aliphatic carbocycles. The smallest absolute Gasteiger partial charge is 0.258 e. The Morgan fingerprint density at radius 1 is 0.690 bits per heavy atom. The number of nitrogens with one attached hydrogen (secondary N) is 2. The van der Waals surface area contributed by atoms with E-state index in [1.54, 1.807) is 0 Å². The van der Waals surface area contributed by atoms with Gasteiger partial charge in [-0.15, -0.1) is 0 Å². The van der Waals surface area contributed by atoms with Gasteiger partial charge in [0.15, 0.2) is 0 Å². The van der Waals surface area contributed by atoms with Gasteiger partial charge in [-0.05, 0) is 35.4 Å². The molecule has 3 aromatic rings. The highest BCUT2D eigenvalue weighted by Gasteiger charge is 2.46. The largest absolute Gasteiger partial charge is 0.396 e. The van der Waals surface area contributed by atoms with Gasteiger partial charge in [0.1, 0.15) is 5.57 Å². The van der Waals surface area contributed by atoms with Gasteiger partial charge >= 0.3 is 0 Å². The van der Waals surface area contributed by atoms with Crippen LogP contribution in [0.5, 0.6) is 0 Å². The van der Waals surface area contributed by atoms with Crippen molar-refractivity contribution in [3.05, 3.63) is 119 Å². The normalized spacial score (nSPS) is 15.2. The van der Waals surface area contributed by atoms with E-state index in [4.69, 9.17) is 0 Å². The molecule has 1 heterocycles. The minimum absolute atomic E-state index is 0.0723. The Morgan fingerprint density at radius 3 is 1.47 bits per heavy atom. The molecule has 2 atom stereocenters. The zero-order valence-electron chi connectivity index (χ0n) is 37.3. The first-order valence-corrected chi connectivity index (χ1v) is 22.3. The summed E-state index contributed by atoms with van der Waals surface area (Å²) in [6.45, 7) is 16.2. The molecule has 0 aromatic heterocycles. The van der Waals surface area contributed by atoms with Crippen molar-refractivity contribution in [1.82, 2.24) is 20.4 Å². The van der Waals surface area contributed by atoms with Gasteiger partial charge in [0, 0.05) is 45.5 Å². The minimum Gasteiger partial charge on any atom is -0.396 e. The number of likely N-dealkylation sites (tertiary alicyclic amines) is 1. The van der Waals surface area contributed by atoms with Gasteiger partial charge in [0.2, 0.25) is 6.41 Å². The fourth-order valence-electron chi connectivity index (χ4n) is 7.30. The SMILES string of the molecule is CC.CCCCCCC.CCCCCCC.CCCNC(=O)/C(=C/N(C=O)C1CC(CO)CN(C(c2ccccc2)(c2ccccc2)c2ccccc2)C1)C(=O)NC. The van der Waals surface area contributed by atoms with Gasteiger partial charge in [-0.1, -0.05) is 204 Å². The summed E-state index contributed by atoms with van der Waals surface area (Å²) in [7, 11) is 1.45. The number of aliphatic hydroxyl groups is 1. The number of hydrogen-bond acceptors (Lipinski definition) is 5. The summed E-state index contributed by atoms with van der Waals surface area (Å²) in [4.78, 5) is 41.9. The molecule has 1 fully saturated rings. The minimum atomic E-state index is -0.740. The Bertz CT molecular complexity index is 1400. The molecule has 1 aliphatic heterocycles. The summed E-state index contributed by atoms with van der Waals surface area (Å²) in [6, 6.07) is 30.3. The molecule has 1 aliphatic rings. The van der Waals surface area contributed by atoms with Gasteiger partial charge in [-0.3, -0.25) is 19.3 Å². The lowest BCUT2D eigenvalue weighted by atomic mass is 9.73. The van der Waals surface area contributed by atoms with Crippen LogP contribution in [0, 0.1) is 5.92 Å². The van der Waals surface area contributed by atoms with Gasteiger partial charge in [0.25, 0.3) is 11.8 Å². The van der Waals surface area contributed by atoms with E-state index in [0.29, 0.717) is 38.9 Å². The van der Waals surface area contributed by atoms with E-state index < -0.39 is 23.4 Å². The summed E-state index contributed by atoms with van der Waals surface area (Å²) >= 11 is 0. The van der Waals surface area contributed by atoms with E-state index >= 15 is 0 Å². The molecule has 1 saturated heterocycles. The first-order chi connectivity index (χ1) is 28.3. The van der Waals surface area contributed by atoms with E-state index in [9.17, 15) is 19.5 Å². The van der Waals surface area contributed by atoms with Gasteiger partial charge in [0.05, 0.1) is 5.54 Å². The molecular formula is C50H78N4O4. The van der Waals surface area contributed by atoms with Crippen molar-refractivity contribution in [3.8, 4) is 0 Å². The molecule has 0 bridgehead atoms. The third-order valence-electron chi connectivity index (χ3n) is 10.3. The van der Waals surface area contributed by atoms with Crippen LogP contribution in [0.2, 0.25) is 0 Å². The molecule has 8 nitrogen and oxygen atoms in total. The fraction of sp³-hybridized carbons (Fsp3) is 0.540. The molecule has 8 heteroatoms. The number of benzene rings is 3. The zero-order valence-corrected chi connectivity index (χ0v) is 37.3. The van der Waals surface area contributed by atoms with Crippen LogP contribution in [0.15, 0.2) is 103 Å². The molecule has 3 N–H and O–H groups in total. The molecule has 58 heavy (non-hydrogen) atoms. The summed E-state index contributed by atoms with van der Waals surface area (Å²) in [5.41, 5.74) is 2.28. The fourth-order valence-corrected chi connectivity index (χ4v) is 7.30. The number of hydrogen-bond donors (Lipinski definition) is 3. The Labute approximate surface area is 352 Å². The third kappa shape index (κ3) is 16.5. The number of unbranched alkanes of at least 4 members (excludes halogenated alkanes) is 8. The lowest BCUT2D eigenvalue weighted by Gasteiger charge is -2.51. The summed E-state index contributed by atoms with van der Waals surface area (Å²) in [5, 5.41) is 15.7. The summed E-state index contributed by atoms with van der Waals surface area (Å²) in [5.74, 6) is -1.27. The molecule has 0 radical (unpaired) electrons. The van der Waals surface area contributed by atoms with Crippen LogP contribution in [0.25, 0.3) is 0 Å². The van der Waals surface area contributed by atoms with Gasteiger partial charge < -0.3 is 20.6 Å². The van der Waals surface area contributed by atoms with Crippen LogP contribution in [-0.2, 0) is 19.9 Å². The highest BCUT2D eigenvalue weighted by Crippen LogP contribution is 2.44. The predicted octanol–water partition coefficient (Wildman–Crippen LogP) is 10.3. The second-order valence-electron chi connectivity index (χ2n) is 14.7. The van der Waals surface area contributed by atoms with E-state index in [1.165, 1.54) is 82.4 Å². The number of carbonyl (C=O) groups excluding carboxylic acids is 3. The number of nitrogens with zero attached hydrogens (tertiary/aromatic N) is 2. The van der Waals surface area contributed by atoms with Crippen molar-refractivity contribution in [2.75, 3.05) is 33.3 Å². The third-order valence-corrected chi connectivity index (χ3v) is 10.3. The van der Waals surface area contributed by atoms with E-state index in [0.717, 1.165) is 16.7 Å². The molecule has 2 unspecified atom stereocenters. The summed E-state index contributed by atoms with van der Waals surface area (Å²) < 4.78 is 0. The molecule has 0 saturated carbocycles. The van der Waals surface area contributed by atoms with E-state index in [1.807, 2.05) is 75.4 Å². The number of carbonyl (C=O) groups is 3. The predicted molar refractivity (Wildman–Crippen MR) is 243 cm³/mol. The molecule has 0 spiro atoms. The van der Waals surface area contributed by atoms with Gasteiger partial charge in [-0.2, -0.15) is 0 Å². The second-order valence-corrected chi connectivity index (χ2v) is 14.7. The number of aliphatic hydroxyl groups excluding tert-OH is 1. The number of likely N-dealkylation sites (N-methyl/N-ethyl adjacent to an activating group) is 1. The average molecular weight is 799 g/mol. The lowest BCUT2D eigenvalue weighted by molar-refractivity contribution is -0.123. The van der Waals surface area contributed by atoms with Crippen LogP contribution in [0.3, 0.4) is 0 Å². The summed E-state index contributed by atoms with van der Waals surface area (Å²) in [6.07, 6.45) is 17.2. The first-order valence-electron chi connectivity index (χ1n) is 22.3. The molecule has 3 amide bonds. The van der Waals surface area contributed by atoms with Gasteiger partial charge in [-0.25, -0.2) is 0 Å². The second kappa shape index (κ2) is 31.7. The standard InChI is InChI=1S/C34H40N4O4.2C7H16.C2H6/c1-3-19-36-33(42)31(32(41)35-2)23-37(25-40)30-20-26(24-39)21-38(22-30)34(27-13-7-4-8-14-27,28-15-9-5-10-16-28)29-17-11-6-12-18-29;2*1-3-5-7-6-4-2;1-2/h4-18,23,25-26,30,39H,3,19-22,24H2,1-2H3,(H,35,41)(H,36,42);2*3-7H2,1-2H3;1-2H3/b31-23+;;;. The quantitative estimate of drug-likeness (QED) is 0.0264. The maximum absolute atomic E-state index is 12.9. The van der Waals surface area contributed by atoms with Crippen molar-refractivity contribution in [2.45, 2.75) is 137 Å². The van der Waals surface area contributed by atoms with Crippen LogP contribution in [0.4, 0.5) is 0 Å². The van der Waals surface area contributed by atoms with Crippen molar-refractivity contribution < 1.29 is 19.5 Å². The number of amides is 3. The highest BCUT2D eigenvalue weighted by atomic mass is 16.3. The Kier molecular flexibility index (Phi) is 28.3. The van der Waals surface area contributed by atoms with Crippen molar-refractivity contribution in [3.63, 3.8) is 0 Å². The lowest BCUT2D eigenvalue weighted by Crippen LogP contribution is -2.58. The average Bonchev–Trinajstić information content (AvgIpc) is 3.28. The molecule has 3 aromatic carbocycles. The highest BCUT2D eigenvalue weighted by molar-refractivity contribution is 6.18. The molecule has 4 rings (SSSR count). The first kappa shape index (κ1) is 51.7. The van der Waals surface area contributed by atoms with E-state index in [-0.39, 0.29) is 18.1 Å². The van der Waals surface area contributed by atoms with Crippen LogP contribution < -0.4 is 10.6 Å². The number of piperidine rings is 1. The van der Waals surface area contributed by atoms with Crippen molar-refractivity contribution in [1.29, 1.82) is 0 Å². The van der Waals surface area contributed by atoms with Crippen molar-refractivity contribution in [2.24, 2.45) is 5.92 Å².